The van der Waals surface area contributed by atoms with Gasteiger partial charge in [0.05, 0.1) is 4.92 Å². The molecule has 0 fully saturated rings. The zero-order valence-electron chi connectivity index (χ0n) is 16.8. The molecule has 160 valence electrons. The predicted octanol–water partition coefficient (Wildman–Crippen LogP) is 1.72. The van der Waals surface area contributed by atoms with Gasteiger partial charge in [-0.25, -0.2) is 0 Å². The first-order valence-electron chi connectivity index (χ1n) is 9.63. The van der Waals surface area contributed by atoms with Gasteiger partial charge in [-0.2, -0.15) is 0 Å². The Hall–Kier alpha value is -3.30. The molecule has 9 heteroatoms. The number of amides is 1. The number of nitrogens with two attached hydrogens (primary N) is 1. The normalized spacial score (nSPS) is 11.5. The van der Waals surface area contributed by atoms with E-state index < -0.39 is 16.9 Å². The van der Waals surface area contributed by atoms with Crippen molar-refractivity contribution in [2.24, 2.45) is 5.73 Å². The minimum atomic E-state index is -1.02. The topological polar surface area (TPSA) is 128 Å². The summed E-state index contributed by atoms with van der Waals surface area (Å²) in [6.45, 7) is 3.57. The molecule has 1 unspecified atom stereocenters. The lowest BCUT2D eigenvalue weighted by Gasteiger charge is -2.25. The summed E-state index contributed by atoms with van der Waals surface area (Å²) in [6.07, 6.45) is 0. The van der Waals surface area contributed by atoms with E-state index in [0.29, 0.717) is 13.1 Å². The molecule has 0 saturated heterocycles. The lowest BCUT2D eigenvalue weighted by Crippen LogP contribution is -2.47. The monoisotopic (exact) mass is 414 g/mol. The molecule has 0 aliphatic heterocycles. The number of carbonyl (C=O) groups is 2. The Bertz CT molecular complexity index is 842. The Labute approximate surface area is 175 Å². The van der Waals surface area contributed by atoms with E-state index in [-0.39, 0.29) is 30.3 Å². The highest BCUT2D eigenvalue weighted by atomic mass is 16.6. The van der Waals surface area contributed by atoms with E-state index in [9.17, 15) is 19.7 Å². The standard InChI is InChI=1S/C21H26N4O5/c1-2-23-12-13-24(20(26)17-8-10-18(11-9-17)25(28)29)14-19(22)21(27)30-15-16-6-4-3-5-7-16/h3-11,19,23H,2,12-15,22H2,1H3. The van der Waals surface area contributed by atoms with Crippen LogP contribution >= 0.6 is 0 Å². The van der Waals surface area contributed by atoms with Crippen LogP contribution in [0.4, 0.5) is 5.69 Å². The highest BCUT2D eigenvalue weighted by Crippen LogP contribution is 2.14. The number of nitro groups is 1. The average Bonchev–Trinajstić information content (AvgIpc) is 2.77. The van der Waals surface area contributed by atoms with E-state index in [1.807, 2.05) is 37.3 Å². The van der Waals surface area contributed by atoms with Crippen molar-refractivity contribution < 1.29 is 19.2 Å². The van der Waals surface area contributed by atoms with Gasteiger partial charge in [-0.1, -0.05) is 37.3 Å². The SMILES string of the molecule is CCNCCN(CC(N)C(=O)OCc1ccccc1)C(=O)c1ccc([N+](=O)[O-])cc1. The molecule has 9 nitrogen and oxygen atoms in total. The summed E-state index contributed by atoms with van der Waals surface area (Å²) >= 11 is 0. The van der Waals surface area contributed by atoms with E-state index in [1.165, 1.54) is 29.2 Å². The van der Waals surface area contributed by atoms with Crippen LogP contribution < -0.4 is 11.1 Å². The van der Waals surface area contributed by atoms with Gasteiger partial charge in [0, 0.05) is 37.3 Å². The fraction of sp³-hybridized carbons (Fsp3) is 0.333. The minimum absolute atomic E-state index is 0.0329. The van der Waals surface area contributed by atoms with Crippen LogP contribution in [0, 0.1) is 10.1 Å². The van der Waals surface area contributed by atoms with E-state index in [0.717, 1.165) is 12.1 Å². The molecule has 2 aromatic carbocycles. The number of hydrogen-bond acceptors (Lipinski definition) is 7. The first-order chi connectivity index (χ1) is 14.4. The largest absolute Gasteiger partial charge is 0.460 e. The Balaban J connectivity index is 2.02. The molecule has 30 heavy (non-hydrogen) atoms. The number of esters is 1. The Morgan fingerprint density at radius 1 is 1.17 bits per heavy atom. The third kappa shape index (κ3) is 6.94. The van der Waals surface area contributed by atoms with Gasteiger partial charge in [0.1, 0.15) is 12.6 Å². The van der Waals surface area contributed by atoms with Crippen molar-refractivity contribution in [2.45, 2.75) is 19.6 Å². The van der Waals surface area contributed by atoms with Crippen LogP contribution in [-0.2, 0) is 16.1 Å². The van der Waals surface area contributed by atoms with E-state index in [2.05, 4.69) is 5.32 Å². The van der Waals surface area contributed by atoms with Crippen LogP contribution in [-0.4, -0.2) is 53.9 Å². The van der Waals surface area contributed by atoms with Crippen molar-refractivity contribution in [1.29, 1.82) is 0 Å². The number of rotatable bonds is 11. The first-order valence-corrected chi connectivity index (χ1v) is 9.63. The van der Waals surface area contributed by atoms with Gasteiger partial charge in [0.25, 0.3) is 11.6 Å². The maximum absolute atomic E-state index is 12.9. The van der Waals surface area contributed by atoms with Crippen LogP contribution in [0.25, 0.3) is 0 Å². The molecule has 2 rings (SSSR count). The molecular formula is C21H26N4O5. The summed E-state index contributed by atoms with van der Waals surface area (Å²) in [7, 11) is 0. The molecule has 1 amide bonds. The Morgan fingerprint density at radius 2 is 1.83 bits per heavy atom. The van der Waals surface area contributed by atoms with Gasteiger partial charge in [-0.3, -0.25) is 19.7 Å². The molecule has 0 aliphatic rings. The summed E-state index contributed by atoms with van der Waals surface area (Å²) in [5.41, 5.74) is 7.00. The first kappa shape index (κ1) is 23.0. The smallest absolute Gasteiger partial charge is 0.325 e. The minimum Gasteiger partial charge on any atom is -0.460 e. The predicted molar refractivity (Wildman–Crippen MR) is 112 cm³/mol. The van der Waals surface area contributed by atoms with E-state index >= 15 is 0 Å². The maximum Gasteiger partial charge on any atom is 0.325 e. The number of ether oxygens (including phenoxy) is 1. The average molecular weight is 414 g/mol. The lowest BCUT2D eigenvalue weighted by molar-refractivity contribution is -0.384. The number of nitro benzene ring substituents is 1. The molecule has 0 aliphatic carbocycles. The molecule has 0 heterocycles. The quantitative estimate of drug-likeness (QED) is 0.248. The fourth-order valence-electron chi connectivity index (χ4n) is 2.72. The Morgan fingerprint density at radius 3 is 2.43 bits per heavy atom. The van der Waals surface area contributed by atoms with Crippen LogP contribution in [0.1, 0.15) is 22.8 Å². The second-order valence-corrected chi connectivity index (χ2v) is 6.61. The second kappa shape index (κ2) is 11.6. The highest BCUT2D eigenvalue weighted by molar-refractivity contribution is 5.94. The highest BCUT2D eigenvalue weighted by Gasteiger charge is 2.23. The molecule has 0 bridgehead atoms. The van der Waals surface area contributed by atoms with Gasteiger partial charge in [0.15, 0.2) is 0 Å². The molecule has 0 spiro atoms. The van der Waals surface area contributed by atoms with Crippen molar-refractivity contribution in [3.63, 3.8) is 0 Å². The van der Waals surface area contributed by atoms with Gasteiger partial charge in [-0.05, 0) is 24.2 Å². The summed E-state index contributed by atoms with van der Waals surface area (Å²) in [6, 6.07) is 13.5. The molecule has 0 aromatic heterocycles. The van der Waals surface area contributed by atoms with Crippen molar-refractivity contribution in [2.75, 3.05) is 26.2 Å². The molecule has 0 saturated carbocycles. The summed E-state index contributed by atoms with van der Waals surface area (Å²) in [5.74, 6) is -0.974. The Kier molecular flexibility index (Phi) is 8.92. The van der Waals surface area contributed by atoms with Crippen molar-refractivity contribution in [3.05, 3.63) is 75.8 Å². The number of carbonyl (C=O) groups excluding carboxylic acids is 2. The number of nitrogens with zero attached hydrogens (tertiary/aromatic N) is 2. The van der Waals surface area contributed by atoms with Gasteiger partial charge in [-0.15, -0.1) is 0 Å². The van der Waals surface area contributed by atoms with Crippen molar-refractivity contribution >= 4 is 17.6 Å². The van der Waals surface area contributed by atoms with Crippen LogP contribution in [0.5, 0.6) is 0 Å². The van der Waals surface area contributed by atoms with Gasteiger partial charge in [0.2, 0.25) is 0 Å². The van der Waals surface area contributed by atoms with Crippen molar-refractivity contribution in [1.82, 2.24) is 10.2 Å². The number of benzene rings is 2. The molecular weight excluding hydrogens is 388 g/mol. The number of non-ortho nitro benzene ring substituents is 1. The second-order valence-electron chi connectivity index (χ2n) is 6.61. The van der Waals surface area contributed by atoms with Crippen LogP contribution in [0.3, 0.4) is 0 Å². The zero-order chi connectivity index (χ0) is 21.9. The van der Waals surface area contributed by atoms with Gasteiger partial charge < -0.3 is 20.7 Å². The molecule has 3 N–H and O–H groups in total. The van der Waals surface area contributed by atoms with Crippen LogP contribution in [0.2, 0.25) is 0 Å². The molecule has 1 atom stereocenters. The third-order valence-corrected chi connectivity index (χ3v) is 4.36. The summed E-state index contributed by atoms with van der Waals surface area (Å²) in [4.78, 5) is 36.9. The third-order valence-electron chi connectivity index (χ3n) is 4.36. The maximum atomic E-state index is 12.9. The lowest BCUT2D eigenvalue weighted by atomic mass is 10.1. The summed E-state index contributed by atoms with van der Waals surface area (Å²) < 4.78 is 5.25. The van der Waals surface area contributed by atoms with E-state index in [4.69, 9.17) is 10.5 Å². The number of nitrogens with one attached hydrogen (secondary N) is 1. The van der Waals surface area contributed by atoms with Crippen LogP contribution in [0.15, 0.2) is 54.6 Å². The molecule has 2 aromatic rings. The molecule has 0 radical (unpaired) electrons. The van der Waals surface area contributed by atoms with Crippen molar-refractivity contribution in [3.8, 4) is 0 Å². The van der Waals surface area contributed by atoms with Gasteiger partial charge >= 0.3 is 5.97 Å². The van der Waals surface area contributed by atoms with E-state index in [1.54, 1.807) is 0 Å². The fourth-order valence-corrected chi connectivity index (χ4v) is 2.72. The zero-order valence-corrected chi connectivity index (χ0v) is 16.8. The number of likely N-dealkylation sites (N-methyl/N-ethyl adjacent to an activating group) is 1. The summed E-state index contributed by atoms with van der Waals surface area (Å²) in [5, 5.41) is 13.9. The number of hydrogen-bond donors (Lipinski definition) is 2.